The van der Waals surface area contributed by atoms with Crippen molar-refractivity contribution in [1.82, 2.24) is 4.90 Å². The maximum Gasteiger partial charge on any atom is 0.494 e. The van der Waals surface area contributed by atoms with E-state index in [0.29, 0.717) is 13.2 Å². The topological polar surface area (TPSA) is 57.2 Å². The summed E-state index contributed by atoms with van der Waals surface area (Å²) >= 11 is 0. The van der Waals surface area contributed by atoms with Crippen molar-refractivity contribution >= 4 is 18.7 Å². The van der Waals surface area contributed by atoms with Crippen LogP contribution in [0.2, 0.25) is 0 Å². The Kier molecular flexibility index (Phi) is 6.04. The molecule has 2 atom stereocenters. The van der Waals surface area contributed by atoms with E-state index in [1.165, 1.54) is 0 Å². The molecule has 1 aromatic carbocycles. The van der Waals surface area contributed by atoms with E-state index < -0.39 is 12.7 Å². The normalized spacial score (nSPS) is 26.0. The fourth-order valence-electron chi connectivity index (χ4n) is 3.78. The minimum atomic E-state index is -0.543. The highest BCUT2D eigenvalue weighted by molar-refractivity contribution is 6.62. The second-order valence-corrected chi connectivity index (χ2v) is 10.5. The van der Waals surface area contributed by atoms with E-state index >= 15 is 0 Å². The molecule has 3 rings (SSSR count). The Morgan fingerprint density at radius 2 is 1.77 bits per heavy atom. The molecule has 0 aromatic heterocycles. The van der Waals surface area contributed by atoms with Crippen molar-refractivity contribution in [3.05, 3.63) is 29.3 Å². The smallest absolute Gasteiger partial charge is 0.444 e. The molecular weight excluding hydrogens is 381 g/mol. The molecule has 1 amide bonds. The minimum absolute atomic E-state index is 0.0295. The van der Waals surface area contributed by atoms with E-state index in [4.69, 9.17) is 18.8 Å². The van der Waals surface area contributed by atoms with Crippen LogP contribution >= 0.6 is 0 Å². The standard InChI is InChI=1S/C23H36BNO5/c1-15-12-17(24-29-22(6,7)23(8,9)30-24)10-11-18(15)19-14-27-16(2)13-25(19)20(26)28-21(3,4)5/h10-12,16,19H,13-14H2,1-9H3/t16-,19-/m1/s1. The zero-order valence-electron chi connectivity index (χ0n) is 19.9. The van der Waals surface area contributed by atoms with E-state index in [-0.39, 0.29) is 29.4 Å². The van der Waals surface area contributed by atoms with Crippen LogP contribution in [0.3, 0.4) is 0 Å². The van der Waals surface area contributed by atoms with E-state index in [0.717, 1.165) is 16.6 Å². The quantitative estimate of drug-likeness (QED) is 0.681. The summed E-state index contributed by atoms with van der Waals surface area (Å²) in [5, 5.41) is 0. The SMILES string of the molecule is Cc1cc(B2OC(C)(C)C(C)(C)O2)ccc1[C@H]1CO[C@H](C)CN1C(=O)OC(C)(C)C. The number of rotatable bonds is 2. The molecule has 30 heavy (non-hydrogen) atoms. The number of hydrogen-bond donors (Lipinski definition) is 0. The summed E-state index contributed by atoms with van der Waals surface area (Å²) < 4.78 is 23.9. The Morgan fingerprint density at radius 1 is 1.17 bits per heavy atom. The van der Waals surface area contributed by atoms with Crippen molar-refractivity contribution in [3.8, 4) is 0 Å². The van der Waals surface area contributed by atoms with Gasteiger partial charge >= 0.3 is 13.2 Å². The molecule has 7 heteroatoms. The van der Waals surface area contributed by atoms with Crippen LogP contribution in [-0.4, -0.2) is 54.2 Å². The van der Waals surface area contributed by atoms with Gasteiger partial charge in [0.25, 0.3) is 0 Å². The van der Waals surface area contributed by atoms with Gasteiger partial charge in [-0.3, -0.25) is 4.90 Å². The Hall–Kier alpha value is -1.57. The monoisotopic (exact) mass is 417 g/mol. The first kappa shape index (κ1) is 23.1. The molecule has 0 N–H and O–H groups in total. The molecule has 6 nitrogen and oxygen atoms in total. The molecule has 2 aliphatic heterocycles. The molecule has 0 unspecified atom stereocenters. The molecule has 0 bridgehead atoms. The van der Waals surface area contributed by atoms with Gasteiger partial charge in [0.15, 0.2) is 0 Å². The molecule has 2 fully saturated rings. The third-order valence-electron chi connectivity index (χ3n) is 6.17. The van der Waals surface area contributed by atoms with Crippen LogP contribution in [0.25, 0.3) is 0 Å². The summed E-state index contributed by atoms with van der Waals surface area (Å²) in [5.41, 5.74) is 1.78. The van der Waals surface area contributed by atoms with Crippen LogP contribution in [-0.2, 0) is 18.8 Å². The van der Waals surface area contributed by atoms with Gasteiger partial charge in [0.2, 0.25) is 0 Å². The van der Waals surface area contributed by atoms with E-state index in [2.05, 4.69) is 19.1 Å². The summed E-state index contributed by atoms with van der Waals surface area (Å²) in [7, 11) is -0.410. The van der Waals surface area contributed by atoms with E-state index in [1.54, 1.807) is 4.90 Å². The molecule has 0 saturated carbocycles. The van der Waals surface area contributed by atoms with Crippen LogP contribution in [0.1, 0.15) is 72.6 Å². The molecule has 0 aliphatic carbocycles. The van der Waals surface area contributed by atoms with Crippen molar-refractivity contribution in [2.24, 2.45) is 0 Å². The number of nitrogens with zero attached hydrogens (tertiary/aromatic N) is 1. The second kappa shape index (κ2) is 7.84. The maximum absolute atomic E-state index is 12.9. The van der Waals surface area contributed by atoms with Crippen molar-refractivity contribution in [1.29, 1.82) is 0 Å². The molecule has 2 heterocycles. The number of ether oxygens (including phenoxy) is 2. The number of amides is 1. The van der Waals surface area contributed by atoms with Gasteiger partial charge in [0, 0.05) is 0 Å². The first-order chi connectivity index (χ1) is 13.7. The zero-order chi connectivity index (χ0) is 22.5. The number of morpholine rings is 1. The summed E-state index contributed by atoms with van der Waals surface area (Å²) in [5.74, 6) is 0. The van der Waals surface area contributed by atoms with E-state index in [9.17, 15) is 4.79 Å². The van der Waals surface area contributed by atoms with E-state index in [1.807, 2.05) is 61.5 Å². The van der Waals surface area contributed by atoms with Crippen molar-refractivity contribution < 1.29 is 23.6 Å². The lowest BCUT2D eigenvalue weighted by molar-refractivity contribution is -0.0645. The zero-order valence-corrected chi connectivity index (χ0v) is 19.9. The Balaban J connectivity index is 1.85. The average molecular weight is 417 g/mol. The highest BCUT2D eigenvalue weighted by atomic mass is 16.7. The predicted octanol–water partition coefficient (Wildman–Crippen LogP) is 3.99. The second-order valence-electron chi connectivity index (χ2n) is 10.5. The number of carbonyl (C=O) groups is 1. The first-order valence-electron chi connectivity index (χ1n) is 10.8. The van der Waals surface area contributed by atoms with Crippen LogP contribution < -0.4 is 5.46 Å². The predicted molar refractivity (Wildman–Crippen MR) is 118 cm³/mol. The van der Waals surface area contributed by atoms with Crippen LogP contribution in [0.5, 0.6) is 0 Å². The highest BCUT2D eigenvalue weighted by Gasteiger charge is 2.51. The Morgan fingerprint density at radius 3 is 2.30 bits per heavy atom. The van der Waals surface area contributed by atoms with Gasteiger partial charge in [0.05, 0.1) is 36.5 Å². The Labute approximate surface area is 181 Å². The summed E-state index contributed by atoms with van der Waals surface area (Å²) in [6.45, 7) is 18.8. The maximum atomic E-state index is 12.9. The lowest BCUT2D eigenvalue weighted by atomic mass is 9.77. The number of benzene rings is 1. The Bertz CT molecular complexity index is 785. The summed E-state index contributed by atoms with van der Waals surface area (Å²) in [4.78, 5) is 14.7. The molecule has 2 saturated heterocycles. The molecule has 1 aromatic rings. The number of aryl methyl sites for hydroxylation is 1. The highest BCUT2D eigenvalue weighted by Crippen LogP contribution is 2.37. The molecule has 0 spiro atoms. The van der Waals surface area contributed by atoms with Crippen molar-refractivity contribution in [2.45, 2.75) is 91.3 Å². The molecule has 166 valence electrons. The lowest BCUT2D eigenvalue weighted by Gasteiger charge is -2.40. The summed E-state index contributed by atoms with van der Waals surface area (Å²) in [6.07, 6.45) is -0.338. The van der Waals surface area contributed by atoms with Gasteiger partial charge in [-0.2, -0.15) is 0 Å². The van der Waals surface area contributed by atoms with Gasteiger partial charge in [-0.05, 0) is 78.9 Å². The largest absolute Gasteiger partial charge is 0.494 e. The fourth-order valence-corrected chi connectivity index (χ4v) is 3.78. The minimum Gasteiger partial charge on any atom is -0.444 e. The number of hydrogen-bond acceptors (Lipinski definition) is 5. The molecule has 0 radical (unpaired) electrons. The fraction of sp³-hybridized carbons (Fsp3) is 0.696. The molecular formula is C23H36BNO5. The van der Waals surface area contributed by atoms with Gasteiger partial charge < -0.3 is 18.8 Å². The van der Waals surface area contributed by atoms with Gasteiger partial charge in [-0.1, -0.05) is 18.2 Å². The van der Waals surface area contributed by atoms with Gasteiger partial charge in [-0.25, -0.2) is 4.79 Å². The van der Waals surface area contributed by atoms with Crippen molar-refractivity contribution in [2.75, 3.05) is 13.2 Å². The van der Waals surface area contributed by atoms with Crippen LogP contribution in [0.15, 0.2) is 18.2 Å². The van der Waals surface area contributed by atoms with Gasteiger partial charge in [-0.15, -0.1) is 0 Å². The summed E-state index contributed by atoms with van der Waals surface area (Å²) in [6, 6.07) is 5.97. The number of carbonyl (C=O) groups excluding carboxylic acids is 1. The third-order valence-corrected chi connectivity index (χ3v) is 6.17. The van der Waals surface area contributed by atoms with Crippen LogP contribution in [0.4, 0.5) is 4.79 Å². The van der Waals surface area contributed by atoms with Crippen molar-refractivity contribution in [3.63, 3.8) is 0 Å². The molecule has 2 aliphatic rings. The van der Waals surface area contributed by atoms with Crippen LogP contribution in [0, 0.1) is 6.92 Å². The van der Waals surface area contributed by atoms with Gasteiger partial charge in [0.1, 0.15) is 5.60 Å². The average Bonchev–Trinajstić information content (AvgIpc) is 2.81. The lowest BCUT2D eigenvalue weighted by Crippen LogP contribution is -2.48. The first-order valence-corrected chi connectivity index (χ1v) is 10.8. The third kappa shape index (κ3) is 4.68.